The van der Waals surface area contributed by atoms with Gasteiger partial charge in [-0.05, 0) is 44.0 Å². The molecule has 2 aromatic heterocycles. The normalized spacial score (nSPS) is 15.3. The maximum atomic E-state index is 13.3. The lowest BCUT2D eigenvalue weighted by Crippen LogP contribution is -2.46. The Bertz CT molecular complexity index is 1050. The Labute approximate surface area is 170 Å². The molecule has 0 atom stereocenters. The van der Waals surface area contributed by atoms with Crippen molar-refractivity contribution >= 4 is 11.6 Å². The third-order valence-electron chi connectivity index (χ3n) is 5.50. The Morgan fingerprint density at radius 1 is 1.24 bits per heavy atom. The lowest BCUT2D eigenvalue weighted by atomic mass is 9.79. The zero-order chi connectivity index (χ0) is 20.8. The molecule has 0 saturated carbocycles. The molecule has 1 aliphatic rings. The first kappa shape index (κ1) is 19.2. The van der Waals surface area contributed by atoms with Crippen LogP contribution in [-0.4, -0.2) is 23.2 Å². The highest BCUT2D eigenvalue weighted by Crippen LogP contribution is 2.45. The van der Waals surface area contributed by atoms with Crippen molar-refractivity contribution in [2.45, 2.75) is 40.7 Å². The van der Waals surface area contributed by atoms with Crippen LogP contribution in [0.2, 0.25) is 0 Å². The molecule has 29 heavy (non-hydrogen) atoms. The molecule has 0 N–H and O–H groups in total. The standard InChI is InChI=1S/C23H25N3O3/c1-14-21(15(2)29-25-14)18-10-16-12-23(3,4)22(27)26(19(16)11-20(18)28-5)13-17-8-6-7-9-24-17/h6-11H,12-13H2,1-5H3. The lowest BCUT2D eigenvalue weighted by molar-refractivity contribution is -0.127. The van der Waals surface area contributed by atoms with Gasteiger partial charge in [0.1, 0.15) is 11.5 Å². The number of fused-ring (bicyclic) bond motifs is 1. The minimum atomic E-state index is -0.508. The zero-order valence-electron chi connectivity index (χ0n) is 17.4. The number of aryl methyl sites for hydroxylation is 2. The smallest absolute Gasteiger partial charge is 0.233 e. The van der Waals surface area contributed by atoms with Gasteiger partial charge in [0, 0.05) is 23.2 Å². The van der Waals surface area contributed by atoms with Crippen LogP contribution in [0.3, 0.4) is 0 Å². The summed E-state index contributed by atoms with van der Waals surface area (Å²) in [5.41, 5.74) is 5.00. The molecule has 4 rings (SSSR count). The minimum Gasteiger partial charge on any atom is -0.496 e. The maximum Gasteiger partial charge on any atom is 0.233 e. The number of hydrogen-bond donors (Lipinski definition) is 0. The molecule has 1 aromatic carbocycles. The average molecular weight is 391 g/mol. The van der Waals surface area contributed by atoms with Crippen LogP contribution >= 0.6 is 0 Å². The quantitative estimate of drug-likeness (QED) is 0.656. The van der Waals surface area contributed by atoms with Crippen LogP contribution in [0.15, 0.2) is 41.1 Å². The fraction of sp³-hybridized carbons (Fsp3) is 0.348. The molecular formula is C23H25N3O3. The van der Waals surface area contributed by atoms with Crippen LogP contribution in [-0.2, 0) is 17.8 Å². The highest BCUT2D eigenvalue weighted by Gasteiger charge is 2.40. The molecule has 0 spiro atoms. The molecule has 0 aliphatic carbocycles. The number of carbonyl (C=O) groups excluding carboxylic acids is 1. The summed E-state index contributed by atoms with van der Waals surface area (Å²) in [4.78, 5) is 19.5. The Hall–Kier alpha value is -3.15. The summed E-state index contributed by atoms with van der Waals surface area (Å²) in [7, 11) is 1.64. The van der Waals surface area contributed by atoms with Gasteiger partial charge in [0.25, 0.3) is 0 Å². The molecule has 0 saturated heterocycles. The van der Waals surface area contributed by atoms with Crippen molar-refractivity contribution in [2.24, 2.45) is 5.41 Å². The molecule has 3 aromatic rings. The Morgan fingerprint density at radius 2 is 2.03 bits per heavy atom. The number of aromatic nitrogens is 2. The average Bonchev–Trinajstić information content (AvgIpc) is 3.03. The zero-order valence-corrected chi connectivity index (χ0v) is 17.4. The van der Waals surface area contributed by atoms with E-state index >= 15 is 0 Å². The Morgan fingerprint density at radius 3 is 2.66 bits per heavy atom. The third-order valence-corrected chi connectivity index (χ3v) is 5.50. The summed E-state index contributed by atoms with van der Waals surface area (Å²) in [5, 5.41) is 4.09. The van der Waals surface area contributed by atoms with Crippen molar-refractivity contribution in [3.05, 3.63) is 59.2 Å². The summed E-state index contributed by atoms with van der Waals surface area (Å²) < 4.78 is 11.1. The van der Waals surface area contributed by atoms with Gasteiger partial charge < -0.3 is 14.2 Å². The van der Waals surface area contributed by atoms with E-state index in [2.05, 4.69) is 16.2 Å². The van der Waals surface area contributed by atoms with Gasteiger partial charge in [-0.15, -0.1) is 0 Å². The van der Waals surface area contributed by atoms with E-state index in [1.807, 2.05) is 56.9 Å². The van der Waals surface area contributed by atoms with Crippen LogP contribution in [0.25, 0.3) is 11.1 Å². The van der Waals surface area contributed by atoms with E-state index in [0.29, 0.717) is 18.7 Å². The first-order valence-corrected chi connectivity index (χ1v) is 9.68. The second kappa shape index (κ2) is 7.03. The first-order valence-electron chi connectivity index (χ1n) is 9.68. The van der Waals surface area contributed by atoms with E-state index in [9.17, 15) is 4.79 Å². The number of anilines is 1. The number of benzene rings is 1. The molecule has 1 amide bonds. The second-order valence-corrected chi connectivity index (χ2v) is 8.15. The Balaban J connectivity index is 1.88. The van der Waals surface area contributed by atoms with Gasteiger partial charge in [-0.25, -0.2) is 0 Å². The molecule has 3 heterocycles. The topological polar surface area (TPSA) is 68.5 Å². The summed E-state index contributed by atoms with van der Waals surface area (Å²) in [6.45, 7) is 8.22. The molecule has 0 fully saturated rings. The minimum absolute atomic E-state index is 0.0859. The summed E-state index contributed by atoms with van der Waals surface area (Å²) >= 11 is 0. The number of ether oxygens (including phenoxy) is 1. The Kier molecular flexibility index (Phi) is 4.65. The number of amides is 1. The van der Waals surface area contributed by atoms with Crippen LogP contribution in [0, 0.1) is 19.3 Å². The third kappa shape index (κ3) is 3.28. The maximum absolute atomic E-state index is 13.3. The van der Waals surface area contributed by atoms with E-state index in [-0.39, 0.29) is 5.91 Å². The summed E-state index contributed by atoms with van der Waals surface area (Å²) in [6, 6.07) is 9.80. The van der Waals surface area contributed by atoms with Crippen molar-refractivity contribution in [3.63, 3.8) is 0 Å². The van der Waals surface area contributed by atoms with Gasteiger partial charge >= 0.3 is 0 Å². The number of methoxy groups -OCH3 is 1. The molecule has 0 radical (unpaired) electrons. The van der Waals surface area contributed by atoms with Crippen LogP contribution < -0.4 is 9.64 Å². The molecule has 6 heteroatoms. The van der Waals surface area contributed by atoms with E-state index in [1.165, 1.54) is 0 Å². The summed E-state index contributed by atoms with van der Waals surface area (Å²) in [5.74, 6) is 1.52. The van der Waals surface area contributed by atoms with E-state index < -0.39 is 5.41 Å². The lowest BCUT2D eigenvalue weighted by Gasteiger charge is -2.39. The number of pyridine rings is 1. The number of rotatable bonds is 4. The van der Waals surface area contributed by atoms with Crippen LogP contribution in [0.4, 0.5) is 5.69 Å². The van der Waals surface area contributed by atoms with Crippen LogP contribution in [0.5, 0.6) is 5.75 Å². The fourth-order valence-corrected chi connectivity index (χ4v) is 4.08. The largest absolute Gasteiger partial charge is 0.496 e. The number of nitrogens with zero attached hydrogens (tertiary/aromatic N) is 3. The van der Waals surface area contributed by atoms with Gasteiger partial charge in [0.15, 0.2) is 0 Å². The second-order valence-electron chi connectivity index (χ2n) is 8.15. The van der Waals surface area contributed by atoms with E-state index in [0.717, 1.165) is 39.5 Å². The predicted molar refractivity (Wildman–Crippen MR) is 111 cm³/mol. The highest BCUT2D eigenvalue weighted by molar-refractivity contribution is 6.01. The molecule has 0 unspecified atom stereocenters. The summed E-state index contributed by atoms with van der Waals surface area (Å²) in [6.07, 6.45) is 2.40. The predicted octanol–water partition coefficient (Wildman–Crippen LogP) is 4.48. The van der Waals surface area contributed by atoms with Gasteiger partial charge in [-0.3, -0.25) is 9.78 Å². The van der Waals surface area contributed by atoms with Crippen molar-refractivity contribution in [2.75, 3.05) is 12.0 Å². The van der Waals surface area contributed by atoms with E-state index in [4.69, 9.17) is 9.26 Å². The van der Waals surface area contributed by atoms with Crippen molar-refractivity contribution in [1.82, 2.24) is 10.1 Å². The molecule has 150 valence electrons. The number of hydrogen-bond acceptors (Lipinski definition) is 5. The highest BCUT2D eigenvalue weighted by atomic mass is 16.5. The van der Waals surface area contributed by atoms with Gasteiger partial charge in [0.2, 0.25) is 5.91 Å². The van der Waals surface area contributed by atoms with Gasteiger partial charge in [-0.1, -0.05) is 25.1 Å². The van der Waals surface area contributed by atoms with Gasteiger partial charge in [0.05, 0.1) is 36.3 Å². The fourth-order valence-electron chi connectivity index (χ4n) is 4.08. The molecule has 0 bridgehead atoms. The van der Waals surface area contributed by atoms with Crippen molar-refractivity contribution < 1.29 is 14.1 Å². The molecular weight excluding hydrogens is 366 g/mol. The van der Waals surface area contributed by atoms with Crippen molar-refractivity contribution in [1.29, 1.82) is 0 Å². The van der Waals surface area contributed by atoms with Gasteiger partial charge in [-0.2, -0.15) is 0 Å². The SMILES string of the molecule is COc1cc2c(cc1-c1c(C)noc1C)CC(C)(C)C(=O)N2Cc1ccccn1. The molecule has 6 nitrogen and oxygen atoms in total. The van der Waals surface area contributed by atoms with Crippen LogP contribution in [0.1, 0.15) is 36.6 Å². The number of carbonyl (C=O) groups is 1. The van der Waals surface area contributed by atoms with Crippen molar-refractivity contribution in [3.8, 4) is 16.9 Å². The monoisotopic (exact) mass is 391 g/mol. The molecule has 1 aliphatic heterocycles. The van der Waals surface area contributed by atoms with E-state index in [1.54, 1.807) is 13.3 Å². The first-order chi connectivity index (χ1) is 13.8.